The number of H-pyrrole nitrogens is 1. The van der Waals surface area contributed by atoms with E-state index in [-0.39, 0.29) is 11.3 Å². The molecule has 1 atom stereocenters. The molecule has 0 spiro atoms. The lowest BCUT2D eigenvalue weighted by Gasteiger charge is -2.25. The Hall–Kier alpha value is -2.50. The van der Waals surface area contributed by atoms with E-state index in [1.807, 2.05) is 0 Å². The van der Waals surface area contributed by atoms with E-state index in [9.17, 15) is 18.4 Å². The van der Waals surface area contributed by atoms with Gasteiger partial charge < -0.3 is 9.88 Å². The van der Waals surface area contributed by atoms with Gasteiger partial charge >= 0.3 is 0 Å². The molecule has 0 radical (unpaired) electrons. The van der Waals surface area contributed by atoms with Crippen LogP contribution in [0.4, 0.5) is 8.78 Å². The van der Waals surface area contributed by atoms with Crippen molar-refractivity contribution in [1.29, 1.82) is 0 Å². The van der Waals surface area contributed by atoms with E-state index in [1.165, 1.54) is 30.1 Å². The summed E-state index contributed by atoms with van der Waals surface area (Å²) < 4.78 is 27.0. The fraction of sp³-hybridized carbons (Fsp3) is 0.200. The number of carbonyl (C=O) groups excluding carboxylic acids is 1. The largest absolute Gasteiger partial charge is 0.334 e. The molecule has 1 amide bonds. The van der Waals surface area contributed by atoms with Gasteiger partial charge in [0.15, 0.2) is 0 Å². The number of carbonyl (C=O) groups is 1. The highest BCUT2D eigenvalue weighted by Gasteiger charge is 2.22. The lowest BCUT2D eigenvalue weighted by molar-refractivity contribution is 0.0734. The summed E-state index contributed by atoms with van der Waals surface area (Å²) >= 11 is 0. The molecule has 2 aromatic rings. The molecule has 0 saturated heterocycles. The molecular weight excluding hydrogens is 278 g/mol. The van der Waals surface area contributed by atoms with Gasteiger partial charge in [-0.15, -0.1) is 0 Å². The van der Waals surface area contributed by atoms with Crippen LogP contribution in [0.15, 0.2) is 41.2 Å². The molecule has 21 heavy (non-hydrogen) atoms. The fourth-order valence-corrected chi connectivity index (χ4v) is 1.98. The first-order chi connectivity index (χ1) is 9.90. The number of aromatic amines is 1. The zero-order chi connectivity index (χ0) is 15.6. The van der Waals surface area contributed by atoms with Crippen molar-refractivity contribution in [3.63, 3.8) is 0 Å². The Morgan fingerprint density at radius 1 is 1.24 bits per heavy atom. The van der Waals surface area contributed by atoms with Gasteiger partial charge in [0.05, 0.1) is 6.04 Å². The molecule has 1 N–H and O–H groups in total. The molecule has 0 saturated carbocycles. The van der Waals surface area contributed by atoms with Crippen molar-refractivity contribution >= 4 is 5.91 Å². The van der Waals surface area contributed by atoms with Crippen LogP contribution in [0.25, 0.3) is 0 Å². The van der Waals surface area contributed by atoms with Crippen LogP contribution in [0.2, 0.25) is 0 Å². The van der Waals surface area contributed by atoms with Crippen LogP contribution in [-0.2, 0) is 0 Å². The van der Waals surface area contributed by atoms with Crippen LogP contribution in [0.3, 0.4) is 0 Å². The normalized spacial score (nSPS) is 12.0. The third kappa shape index (κ3) is 3.16. The first kappa shape index (κ1) is 14.9. The molecular formula is C15H14F2N2O2. The summed E-state index contributed by atoms with van der Waals surface area (Å²) in [6.07, 6.45) is 0. The maximum atomic E-state index is 13.7. The van der Waals surface area contributed by atoms with Crippen molar-refractivity contribution in [2.24, 2.45) is 0 Å². The van der Waals surface area contributed by atoms with Gasteiger partial charge in [0.2, 0.25) is 5.56 Å². The maximum Gasteiger partial charge on any atom is 0.270 e. The van der Waals surface area contributed by atoms with E-state index >= 15 is 0 Å². The van der Waals surface area contributed by atoms with Crippen molar-refractivity contribution in [3.05, 3.63) is 69.6 Å². The minimum Gasteiger partial charge on any atom is -0.334 e. The van der Waals surface area contributed by atoms with Gasteiger partial charge in [-0.2, -0.15) is 0 Å². The summed E-state index contributed by atoms with van der Waals surface area (Å²) in [5, 5.41) is 0. The first-order valence-electron chi connectivity index (χ1n) is 6.31. The quantitative estimate of drug-likeness (QED) is 0.945. The van der Waals surface area contributed by atoms with Crippen molar-refractivity contribution in [2.75, 3.05) is 7.05 Å². The van der Waals surface area contributed by atoms with Crippen LogP contribution in [0, 0.1) is 11.6 Å². The Morgan fingerprint density at radius 3 is 2.62 bits per heavy atom. The topological polar surface area (TPSA) is 53.2 Å². The number of pyridine rings is 1. The second kappa shape index (κ2) is 5.87. The summed E-state index contributed by atoms with van der Waals surface area (Å²) in [4.78, 5) is 27.1. The number of hydrogen-bond donors (Lipinski definition) is 1. The van der Waals surface area contributed by atoms with Gasteiger partial charge in [-0.05, 0) is 31.2 Å². The molecule has 0 aliphatic rings. The number of nitrogens with one attached hydrogen (secondary N) is 1. The predicted octanol–water partition coefficient (Wildman–Crippen LogP) is 2.49. The van der Waals surface area contributed by atoms with E-state index in [0.717, 1.165) is 18.2 Å². The van der Waals surface area contributed by atoms with Crippen molar-refractivity contribution in [3.8, 4) is 0 Å². The highest BCUT2D eigenvalue weighted by Crippen LogP contribution is 2.23. The average Bonchev–Trinajstić information content (AvgIpc) is 2.47. The van der Waals surface area contributed by atoms with Gasteiger partial charge in [0.1, 0.15) is 17.3 Å². The number of aromatic nitrogens is 1. The monoisotopic (exact) mass is 292 g/mol. The smallest absolute Gasteiger partial charge is 0.270 e. The standard InChI is InChI=1S/C15H14F2N2O2/c1-9(11-8-10(16)6-7-12(11)17)19(2)15(21)13-4-3-5-14(20)18-13/h3-9H,1-2H3,(H,18,20). The van der Waals surface area contributed by atoms with Crippen molar-refractivity contribution < 1.29 is 13.6 Å². The summed E-state index contributed by atoms with van der Waals surface area (Å²) in [6, 6.07) is 6.59. The van der Waals surface area contributed by atoms with Crippen LogP contribution in [-0.4, -0.2) is 22.8 Å². The molecule has 0 bridgehead atoms. The third-order valence-electron chi connectivity index (χ3n) is 3.31. The van der Waals surface area contributed by atoms with E-state index in [1.54, 1.807) is 6.92 Å². The summed E-state index contributed by atoms with van der Waals surface area (Å²) in [5.41, 5.74) is -0.239. The molecule has 6 heteroatoms. The van der Waals surface area contributed by atoms with Crippen LogP contribution in [0.1, 0.15) is 29.0 Å². The van der Waals surface area contributed by atoms with Gasteiger partial charge in [0.25, 0.3) is 5.91 Å². The van der Waals surface area contributed by atoms with E-state index in [0.29, 0.717) is 0 Å². The number of nitrogens with zero attached hydrogens (tertiary/aromatic N) is 1. The van der Waals surface area contributed by atoms with E-state index in [4.69, 9.17) is 0 Å². The summed E-state index contributed by atoms with van der Waals surface area (Å²) in [7, 11) is 1.46. The number of halogens is 2. The first-order valence-corrected chi connectivity index (χ1v) is 6.31. The van der Waals surface area contributed by atoms with Gasteiger partial charge in [-0.1, -0.05) is 6.07 Å². The predicted molar refractivity (Wildman–Crippen MR) is 73.9 cm³/mol. The fourth-order valence-electron chi connectivity index (χ4n) is 1.98. The molecule has 1 heterocycles. The van der Waals surface area contributed by atoms with Crippen LogP contribution < -0.4 is 5.56 Å². The SMILES string of the molecule is CC(c1cc(F)ccc1F)N(C)C(=O)c1cccc(=O)[nH]1. The van der Waals surface area contributed by atoms with Gasteiger partial charge in [0, 0.05) is 18.7 Å². The Morgan fingerprint density at radius 2 is 1.95 bits per heavy atom. The minimum atomic E-state index is -0.683. The van der Waals surface area contributed by atoms with Crippen molar-refractivity contribution in [1.82, 2.24) is 9.88 Å². The number of amides is 1. The molecule has 110 valence electrons. The lowest BCUT2D eigenvalue weighted by atomic mass is 10.1. The summed E-state index contributed by atoms with van der Waals surface area (Å²) in [6.45, 7) is 1.58. The molecule has 1 aromatic carbocycles. The maximum absolute atomic E-state index is 13.7. The molecule has 0 fully saturated rings. The van der Waals surface area contributed by atoms with Gasteiger partial charge in [-0.25, -0.2) is 8.78 Å². The van der Waals surface area contributed by atoms with Crippen LogP contribution >= 0.6 is 0 Å². The Bertz CT molecular complexity index is 728. The molecule has 4 nitrogen and oxygen atoms in total. The molecule has 1 aromatic heterocycles. The molecule has 0 aliphatic heterocycles. The van der Waals surface area contributed by atoms with E-state index in [2.05, 4.69) is 4.98 Å². The Balaban J connectivity index is 2.30. The van der Waals surface area contributed by atoms with Crippen LogP contribution in [0.5, 0.6) is 0 Å². The molecule has 2 rings (SSSR count). The molecule has 1 unspecified atom stereocenters. The second-order valence-electron chi connectivity index (χ2n) is 4.69. The Labute approximate surface area is 120 Å². The Kier molecular flexibility index (Phi) is 4.16. The highest BCUT2D eigenvalue weighted by atomic mass is 19.1. The lowest BCUT2D eigenvalue weighted by Crippen LogP contribution is -2.31. The minimum absolute atomic E-state index is 0.0733. The van der Waals surface area contributed by atoms with E-state index < -0.39 is 29.1 Å². The number of hydrogen-bond acceptors (Lipinski definition) is 2. The summed E-state index contributed by atoms with van der Waals surface area (Å²) in [5.74, 6) is -1.65. The zero-order valence-electron chi connectivity index (χ0n) is 11.6. The third-order valence-corrected chi connectivity index (χ3v) is 3.31. The number of rotatable bonds is 3. The van der Waals surface area contributed by atoms with Crippen molar-refractivity contribution in [2.45, 2.75) is 13.0 Å². The highest BCUT2D eigenvalue weighted by molar-refractivity contribution is 5.92. The molecule has 0 aliphatic carbocycles. The van der Waals surface area contributed by atoms with Gasteiger partial charge in [-0.3, -0.25) is 9.59 Å². The zero-order valence-corrected chi connectivity index (χ0v) is 11.6. The second-order valence-corrected chi connectivity index (χ2v) is 4.69. The average molecular weight is 292 g/mol. The number of benzene rings is 1.